The zero-order chi connectivity index (χ0) is 23.0. The molecule has 0 aliphatic carbocycles. The van der Waals surface area contributed by atoms with Gasteiger partial charge in [0.1, 0.15) is 22.8 Å². The van der Waals surface area contributed by atoms with Crippen molar-refractivity contribution in [2.24, 2.45) is 5.92 Å². The molecule has 1 amide bonds. The summed E-state index contributed by atoms with van der Waals surface area (Å²) < 4.78 is 25.0. The number of benzene rings is 1. The molecule has 3 heterocycles. The lowest BCUT2D eigenvalue weighted by Crippen LogP contribution is -2.41. The van der Waals surface area contributed by atoms with Gasteiger partial charge in [-0.15, -0.1) is 0 Å². The van der Waals surface area contributed by atoms with Crippen molar-refractivity contribution in [2.45, 2.75) is 33.3 Å². The number of aromatic amines is 1. The summed E-state index contributed by atoms with van der Waals surface area (Å²) in [6.07, 6.45) is 3.44. The summed E-state index contributed by atoms with van der Waals surface area (Å²) in [6, 6.07) is 8.38. The fourth-order valence-electron chi connectivity index (χ4n) is 4.07. The molecule has 0 radical (unpaired) electrons. The SMILES string of the molecule is COc1ccc(F)cc1-c1ccnc2[nH]c(C3=CCN(C(=O)OC(C)(C)C)C[C@@H]3C)cc12. The number of fused-ring (bicyclic) bond motifs is 1. The molecule has 1 atom stereocenters. The van der Waals surface area contributed by atoms with Crippen molar-refractivity contribution in [1.29, 1.82) is 0 Å². The second-order valence-corrected chi connectivity index (χ2v) is 9.09. The van der Waals surface area contributed by atoms with Crippen LogP contribution in [0.5, 0.6) is 5.75 Å². The summed E-state index contributed by atoms with van der Waals surface area (Å²) in [7, 11) is 1.57. The van der Waals surface area contributed by atoms with Crippen molar-refractivity contribution in [3.63, 3.8) is 0 Å². The molecule has 0 bridgehead atoms. The number of rotatable bonds is 3. The molecule has 1 aromatic carbocycles. The van der Waals surface area contributed by atoms with Gasteiger partial charge in [-0.25, -0.2) is 14.2 Å². The highest BCUT2D eigenvalue weighted by atomic mass is 19.1. The molecule has 1 aliphatic heterocycles. The van der Waals surface area contributed by atoms with Gasteiger partial charge in [-0.2, -0.15) is 0 Å². The lowest BCUT2D eigenvalue weighted by molar-refractivity contribution is 0.0251. The van der Waals surface area contributed by atoms with Gasteiger partial charge in [0.05, 0.1) is 7.11 Å². The van der Waals surface area contributed by atoms with Crippen LogP contribution in [0.1, 0.15) is 33.4 Å². The van der Waals surface area contributed by atoms with Crippen molar-refractivity contribution in [3.05, 3.63) is 54.1 Å². The molecule has 0 spiro atoms. The third kappa shape index (κ3) is 4.33. The quantitative estimate of drug-likeness (QED) is 0.575. The highest BCUT2D eigenvalue weighted by Crippen LogP contribution is 2.37. The molecular formula is C25H28FN3O3. The van der Waals surface area contributed by atoms with E-state index in [0.29, 0.717) is 30.0 Å². The van der Waals surface area contributed by atoms with Crippen LogP contribution in [0.4, 0.5) is 9.18 Å². The molecule has 6 nitrogen and oxygen atoms in total. The van der Waals surface area contributed by atoms with Gasteiger partial charge in [0.15, 0.2) is 0 Å². The van der Waals surface area contributed by atoms with Crippen LogP contribution in [0, 0.1) is 11.7 Å². The minimum atomic E-state index is -0.526. The number of hydrogen-bond acceptors (Lipinski definition) is 4. The summed E-state index contributed by atoms with van der Waals surface area (Å²) in [5.74, 6) is 0.378. The number of methoxy groups -OCH3 is 1. The van der Waals surface area contributed by atoms with E-state index in [2.05, 4.69) is 16.9 Å². The van der Waals surface area contributed by atoms with Crippen molar-refractivity contribution in [2.75, 3.05) is 20.2 Å². The number of hydrogen-bond donors (Lipinski definition) is 1. The Labute approximate surface area is 187 Å². The number of nitrogens with zero attached hydrogens (tertiary/aromatic N) is 2. The number of carbonyl (C=O) groups excluding carboxylic acids is 1. The molecule has 2 aromatic heterocycles. The number of nitrogens with one attached hydrogen (secondary N) is 1. The maximum Gasteiger partial charge on any atom is 0.410 e. The zero-order valence-corrected chi connectivity index (χ0v) is 19.0. The normalized spacial score (nSPS) is 16.8. The van der Waals surface area contributed by atoms with E-state index in [1.807, 2.05) is 39.0 Å². The van der Waals surface area contributed by atoms with Gasteiger partial charge in [0.25, 0.3) is 0 Å². The van der Waals surface area contributed by atoms with Crippen LogP contribution < -0.4 is 4.74 Å². The lowest BCUT2D eigenvalue weighted by atomic mass is 9.93. The van der Waals surface area contributed by atoms with E-state index in [0.717, 1.165) is 22.2 Å². The standard InChI is InChI=1S/C25H28FN3O3/c1-15-14-29(24(30)32-25(2,3)4)11-9-17(15)21-13-20-18(8-10-27-23(20)28-21)19-12-16(26)6-7-22(19)31-5/h6-10,12-13,15H,11,14H2,1-5H3,(H,27,28)/t15-/m0/s1. The molecule has 7 heteroatoms. The minimum Gasteiger partial charge on any atom is -0.496 e. The first-order valence-electron chi connectivity index (χ1n) is 10.7. The van der Waals surface area contributed by atoms with E-state index in [-0.39, 0.29) is 17.8 Å². The average Bonchev–Trinajstić information content (AvgIpc) is 3.16. The van der Waals surface area contributed by atoms with Crippen LogP contribution in [0.25, 0.3) is 27.7 Å². The first-order chi connectivity index (χ1) is 15.2. The zero-order valence-electron chi connectivity index (χ0n) is 19.0. The highest BCUT2D eigenvalue weighted by molar-refractivity contribution is 5.97. The maximum atomic E-state index is 14.0. The van der Waals surface area contributed by atoms with Crippen LogP contribution in [-0.2, 0) is 4.74 Å². The summed E-state index contributed by atoms with van der Waals surface area (Å²) in [5.41, 5.74) is 3.75. The van der Waals surface area contributed by atoms with Crippen molar-refractivity contribution >= 4 is 22.7 Å². The Hall–Kier alpha value is -3.35. The van der Waals surface area contributed by atoms with E-state index in [1.165, 1.54) is 12.1 Å². The average molecular weight is 438 g/mol. The van der Waals surface area contributed by atoms with Crippen LogP contribution in [0.3, 0.4) is 0 Å². The largest absolute Gasteiger partial charge is 0.496 e. The predicted molar refractivity (Wildman–Crippen MR) is 123 cm³/mol. The lowest BCUT2D eigenvalue weighted by Gasteiger charge is -2.32. The molecule has 4 rings (SSSR count). The fraction of sp³-hybridized carbons (Fsp3) is 0.360. The maximum absolute atomic E-state index is 14.0. The summed E-state index contributed by atoms with van der Waals surface area (Å²) >= 11 is 0. The Kier molecular flexibility index (Phi) is 5.67. The molecule has 32 heavy (non-hydrogen) atoms. The minimum absolute atomic E-state index is 0.108. The van der Waals surface area contributed by atoms with E-state index in [9.17, 15) is 9.18 Å². The molecule has 0 saturated heterocycles. The van der Waals surface area contributed by atoms with Gasteiger partial charge in [-0.1, -0.05) is 13.0 Å². The van der Waals surface area contributed by atoms with E-state index < -0.39 is 5.60 Å². The molecule has 1 N–H and O–H groups in total. The molecular weight excluding hydrogens is 409 g/mol. The van der Waals surface area contributed by atoms with Gasteiger partial charge >= 0.3 is 6.09 Å². The first kappa shape index (κ1) is 21.9. The Morgan fingerprint density at radius 2 is 2.00 bits per heavy atom. The number of amides is 1. The Morgan fingerprint density at radius 1 is 1.22 bits per heavy atom. The van der Waals surface area contributed by atoms with Gasteiger partial charge in [-0.05, 0) is 62.2 Å². The predicted octanol–water partition coefficient (Wildman–Crippen LogP) is 5.65. The highest BCUT2D eigenvalue weighted by Gasteiger charge is 2.28. The van der Waals surface area contributed by atoms with Crippen molar-refractivity contribution in [1.82, 2.24) is 14.9 Å². The second-order valence-electron chi connectivity index (χ2n) is 9.09. The summed E-state index contributed by atoms with van der Waals surface area (Å²) in [5, 5.41) is 0.883. The van der Waals surface area contributed by atoms with Gasteiger partial charge in [-0.3, -0.25) is 0 Å². The van der Waals surface area contributed by atoms with E-state index in [1.54, 1.807) is 24.3 Å². The monoisotopic (exact) mass is 437 g/mol. The van der Waals surface area contributed by atoms with Crippen LogP contribution in [-0.4, -0.2) is 46.8 Å². The fourth-order valence-corrected chi connectivity index (χ4v) is 4.07. The first-order valence-corrected chi connectivity index (χ1v) is 10.7. The number of carbonyl (C=O) groups is 1. The molecule has 3 aromatic rings. The molecule has 1 aliphatic rings. The number of halogens is 1. The molecule has 0 saturated carbocycles. The van der Waals surface area contributed by atoms with Gasteiger partial charge < -0.3 is 19.4 Å². The van der Waals surface area contributed by atoms with Crippen LogP contribution in [0.2, 0.25) is 0 Å². The number of H-pyrrole nitrogens is 1. The second kappa shape index (κ2) is 8.30. The Bertz CT molecular complexity index is 1190. The molecule has 0 fully saturated rings. The Morgan fingerprint density at radius 3 is 2.69 bits per heavy atom. The van der Waals surface area contributed by atoms with Gasteiger partial charge in [0, 0.05) is 41.8 Å². The molecule has 168 valence electrons. The topological polar surface area (TPSA) is 67.5 Å². The number of aromatic nitrogens is 2. The Balaban J connectivity index is 1.68. The number of ether oxygens (including phenoxy) is 2. The van der Waals surface area contributed by atoms with Crippen molar-refractivity contribution < 1.29 is 18.7 Å². The van der Waals surface area contributed by atoms with Crippen LogP contribution in [0.15, 0.2) is 42.6 Å². The third-order valence-corrected chi connectivity index (χ3v) is 5.50. The third-order valence-electron chi connectivity index (χ3n) is 5.50. The molecule has 0 unspecified atom stereocenters. The summed E-state index contributed by atoms with van der Waals surface area (Å²) in [4.78, 5) is 22.0. The smallest absolute Gasteiger partial charge is 0.410 e. The van der Waals surface area contributed by atoms with Crippen LogP contribution >= 0.6 is 0 Å². The number of pyridine rings is 1. The van der Waals surface area contributed by atoms with E-state index >= 15 is 0 Å². The van der Waals surface area contributed by atoms with Crippen molar-refractivity contribution in [3.8, 4) is 16.9 Å². The van der Waals surface area contributed by atoms with E-state index in [4.69, 9.17) is 9.47 Å². The van der Waals surface area contributed by atoms with Gasteiger partial charge in [0.2, 0.25) is 0 Å². The summed E-state index contributed by atoms with van der Waals surface area (Å²) in [6.45, 7) is 8.71.